The van der Waals surface area contributed by atoms with Crippen LogP contribution in [0.25, 0.3) is 10.9 Å². The van der Waals surface area contributed by atoms with Gasteiger partial charge in [0.15, 0.2) is 5.78 Å². The molecule has 0 saturated heterocycles. The third-order valence-corrected chi connectivity index (χ3v) is 2.21. The minimum Gasteiger partial charge on any atom is -0.340 e. The molecule has 0 aliphatic heterocycles. The van der Waals surface area contributed by atoms with Crippen LogP contribution < -0.4 is 4.84 Å². The van der Waals surface area contributed by atoms with Crippen LogP contribution in [0.1, 0.15) is 17.3 Å². The molecule has 0 radical (unpaired) electrons. The van der Waals surface area contributed by atoms with Gasteiger partial charge in [-0.15, -0.1) is 0 Å². The Morgan fingerprint density at radius 3 is 2.80 bits per heavy atom. The maximum Gasteiger partial charge on any atom is 0.321 e. The zero-order chi connectivity index (χ0) is 10.8. The molecule has 0 atom stereocenters. The summed E-state index contributed by atoms with van der Waals surface area (Å²) in [6.07, 6.45) is 1.52. The van der Waals surface area contributed by atoms with E-state index in [-0.39, 0.29) is 5.78 Å². The predicted molar refractivity (Wildman–Crippen MR) is 54.6 cm³/mol. The van der Waals surface area contributed by atoms with Crippen molar-refractivity contribution in [2.75, 3.05) is 0 Å². The summed E-state index contributed by atoms with van der Waals surface area (Å²) in [4.78, 5) is 26.3. The molecule has 1 heterocycles. The molecule has 0 aliphatic carbocycles. The molecule has 0 spiro atoms. The summed E-state index contributed by atoms with van der Waals surface area (Å²) in [6.45, 7) is 1.81. The van der Waals surface area contributed by atoms with Crippen molar-refractivity contribution in [1.29, 1.82) is 0 Å². The van der Waals surface area contributed by atoms with Crippen LogP contribution in [0.2, 0.25) is 0 Å². The lowest BCUT2D eigenvalue weighted by atomic mass is 10.1. The summed E-state index contributed by atoms with van der Waals surface area (Å²) in [7, 11) is 0. The van der Waals surface area contributed by atoms with Crippen molar-refractivity contribution >= 4 is 23.2 Å². The standard InChI is InChI=1S/C11H9NO3/c1-8(14)10-6-12(15-7-13)11-5-3-2-4-9(10)11/h2-7H,1H3. The van der Waals surface area contributed by atoms with Crippen LogP contribution in [0.15, 0.2) is 30.5 Å². The lowest BCUT2D eigenvalue weighted by molar-refractivity contribution is -0.128. The van der Waals surface area contributed by atoms with Crippen LogP contribution in [-0.2, 0) is 4.79 Å². The first-order chi connectivity index (χ1) is 7.24. The smallest absolute Gasteiger partial charge is 0.321 e. The van der Waals surface area contributed by atoms with E-state index in [0.717, 1.165) is 5.39 Å². The van der Waals surface area contributed by atoms with Gasteiger partial charge in [0.05, 0.1) is 11.7 Å². The molecule has 1 aromatic heterocycles. The van der Waals surface area contributed by atoms with Gasteiger partial charge in [0.25, 0.3) is 0 Å². The van der Waals surface area contributed by atoms with Crippen LogP contribution in [-0.4, -0.2) is 17.0 Å². The highest BCUT2D eigenvalue weighted by Crippen LogP contribution is 2.20. The molecule has 0 fully saturated rings. The van der Waals surface area contributed by atoms with Crippen molar-refractivity contribution in [3.63, 3.8) is 0 Å². The molecule has 1 aromatic carbocycles. The molecule has 0 aliphatic rings. The average molecular weight is 203 g/mol. The Labute approximate surface area is 86.0 Å². The van der Waals surface area contributed by atoms with Gasteiger partial charge < -0.3 is 4.84 Å². The summed E-state index contributed by atoms with van der Waals surface area (Å²) in [5.41, 5.74) is 1.25. The van der Waals surface area contributed by atoms with Crippen molar-refractivity contribution < 1.29 is 14.4 Å². The van der Waals surface area contributed by atoms with Crippen LogP contribution in [0, 0.1) is 0 Å². The third-order valence-electron chi connectivity index (χ3n) is 2.21. The van der Waals surface area contributed by atoms with E-state index >= 15 is 0 Å². The normalized spacial score (nSPS) is 10.2. The number of carbonyl (C=O) groups excluding carboxylic acids is 2. The van der Waals surface area contributed by atoms with Crippen LogP contribution >= 0.6 is 0 Å². The number of benzene rings is 1. The number of nitrogens with zero attached hydrogens (tertiary/aromatic N) is 1. The van der Waals surface area contributed by atoms with Gasteiger partial charge in [0, 0.05) is 10.9 Å². The molecule has 0 amide bonds. The molecule has 4 nitrogen and oxygen atoms in total. The second-order valence-electron chi connectivity index (χ2n) is 3.14. The number of rotatable bonds is 3. The number of para-hydroxylation sites is 1. The largest absolute Gasteiger partial charge is 0.340 e. The maximum absolute atomic E-state index is 11.3. The van der Waals surface area contributed by atoms with Gasteiger partial charge in [-0.05, 0) is 13.0 Å². The molecule has 2 aromatic rings. The molecular weight excluding hydrogens is 194 g/mol. The number of aromatic nitrogens is 1. The molecule has 0 bridgehead atoms. The van der Waals surface area contributed by atoms with Gasteiger partial charge in [0.1, 0.15) is 0 Å². The van der Waals surface area contributed by atoms with Gasteiger partial charge in [-0.3, -0.25) is 9.59 Å². The lowest BCUT2D eigenvalue weighted by Gasteiger charge is -1.98. The zero-order valence-electron chi connectivity index (χ0n) is 8.14. The Morgan fingerprint density at radius 2 is 2.13 bits per heavy atom. The topological polar surface area (TPSA) is 48.3 Å². The van der Waals surface area contributed by atoms with Gasteiger partial charge in [-0.25, -0.2) is 0 Å². The van der Waals surface area contributed by atoms with Crippen molar-refractivity contribution in [3.05, 3.63) is 36.0 Å². The number of hydrogen-bond acceptors (Lipinski definition) is 3. The molecule has 0 unspecified atom stereocenters. The van der Waals surface area contributed by atoms with Crippen LogP contribution in [0.5, 0.6) is 0 Å². The third kappa shape index (κ3) is 1.50. The summed E-state index contributed by atoms with van der Waals surface area (Å²) >= 11 is 0. The Balaban J connectivity index is 2.72. The Hall–Kier alpha value is -2.10. The molecular formula is C11H9NO3. The average Bonchev–Trinajstić information content (AvgIpc) is 2.59. The highest BCUT2D eigenvalue weighted by molar-refractivity contribution is 6.06. The van der Waals surface area contributed by atoms with Crippen LogP contribution in [0.4, 0.5) is 0 Å². The van der Waals surface area contributed by atoms with Gasteiger partial charge in [0.2, 0.25) is 0 Å². The van der Waals surface area contributed by atoms with E-state index in [1.165, 1.54) is 17.9 Å². The van der Waals surface area contributed by atoms with E-state index < -0.39 is 0 Å². The Bertz CT molecular complexity index is 528. The highest BCUT2D eigenvalue weighted by atomic mass is 16.7. The first kappa shape index (κ1) is 9.45. The second kappa shape index (κ2) is 3.57. The minimum atomic E-state index is -0.0561. The number of ketones is 1. The minimum absolute atomic E-state index is 0.0561. The van der Waals surface area contributed by atoms with Crippen molar-refractivity contribution in [2.24, 2.45) is 0 Å². The van der Waals surface area contributed by atoms with Gasteiger partial charge >= 0.3 is 6.47 Å². The maximum atomic E-state index is 11.3. The predicted octanol–water partition coefficient (Wildman–Crippen LogP) is 1.43. The fourth-order valence-corrected chi connectivity index (χ4v) is 1.56. The Morgan fingerprint density at radius 1 is 1.40 bits per heavy atom. The number of hydrogen-bond donors (Lipinski definition) is 0. The van der Waals surface area contributed by atoms with E-state index in [2.05, 4.69) is 0 Å². The summed E-state index contributed by atoms with van der Waals surface area (Å²) in [5.74, 6) is -0.0561. The fourth-order valence-electron chi connectivity index (χ4n) is 1.56. The molecule has 4 heteroatoms. The molecule has 0 saturated carbocycles. The van der Waals surface area contributed by atoms with Gasteiger partial charge in [-0.1, -0.05) is 18.2 Å². The van der Waals surface area contributed by atoms with Crippen molar-refractivity contribution in [1.82, 2.24) is 4.73 Å². The van der Waals surface area contributed by atoms with E-state index in [9.17, 15) is 9.59 Å². The highest BCUT2D eigenvalue weighted by Gasteiger charge is 2.11. The summed E-state index contributed by atoms with van der Waals surface area (Å²) < 4.78 is 1.29. The molecule has 2 rings (SSSR count). The van der Waals surface area contributed by atoms with E-state index in [1.807, 2.05) is 18.2 Å². The summed E-state index contributed by atoms with van der Waals surface area (Å²) in [5, 5.41) is 0.784. The van der Waals surface area contributed by atoms with E-state index in [1.54, 1.807) is 6.07 Å². The first-order valence-electron chi connectivity index (χ1n) is 4.46. The van der Waals surface area contributed by atoms with Crippen LogP contribution in [0.3, 0.4) is 0 Å². The monoisotopic (exact) mass is 203 g/mol. The summed E-state index contributed by atoms with van der Waals surface area (Å²) in [6, 6.07) is 7.25. The fraction of sp³-hybridized carbons (Fsp3) is 0.0909. The Kier molecular flexibility index (Phi) is 2.25. The van der Waals surface area contributed by atoms with Gasteiger partial charge in [-0.2, -0.15) is 4.73 Å². The number of carbonyl (C=O) groups is 2. The first-order valence-corrected chi connectivity index (χ1v) is 4.46. The zero-order valence-corrected chi connectivity index (χ0v) is 8.14. The molecule has 15 heavy (non-hydrogen) atoms. The van der Waals surface area contributed by atoms with Crippen molar-refractivity contribution in [3.8, 4) is 0 Å². The molecule has 76 valence electrons. The number of fused-ring (bicyclic) bond motifs is 1. The number of Topliss-reactive ketones (excluding diaryl/α,β-unsaturated/α-hetero) is 1. The molecule has 0 N–H and O–H groups in total. The van der Waals surface area contributed by atoms with E-state index in [0.29, 0.717) is 17.6 Å². The van der Waals surface area contributed by atoms with E-state index in [4.69, 9.17) is 4.84 Å². The quantitative estimate of drug-likeness (QED) is 0.560. The lowest BCUT2D eigenvalue weighted by Crippen LogP contribution is -2.06. The second-order valence-corrected chi connectivity index (χ2v) is 3.14. The van der Waals surface area contributed by atoms with Crippen molar-refractivity contribution in [2.45, 2.75) is 6.92 Å². The SMILES string of the molecule is CC(=O)c1cn(OC=O)c2ccccc12.